The Kier molecular flexibility index (Phi) is 3.22. The fourth-order valence-electron chi connectivity index (χ4n) is 5.95. The van der Waals surface area contributed by atoms with Gasteiger partial charge in [0.05, 0.1) is 16.7 Å². The monoisotopic (exact) mass is 421 g/mol. The Morgan fingerprint density at radius 3 is 1.97 bits per heavy atom. The summed E-state index contributed by atoms with van der Waals surface area (Å²) in [5.41, 5.74) is 10.1. The van der Waals surface area contributed by atoms with Gasteiger partial charge in [-0.3, -0.25) is 0 Å². The number of nitrogens with zero attached hydrogens (tertiary/aromatic N) is 1. The summed E-state index contributed by atoms with van der Waals surface area (Å²) < 4.78 is 8.93. The van der Waals surface area contributed by atoms with Crippen molar-refractivity contribution >= 4 is 21.8 Å². The van der Waals surface area contributed by atoms with Crippen molar-refractivity contribution < 1.29 is 4.74 Å². The Morgan fingerprint density at radius 2 is 1.18 bits per heavy atom. The van der Waals surface area contributed by atoms with Gasteiger partial charge in [0.15, 0.2) is 0 Å². The van der Waals surface area contributed by atoms with E-state index >= 15 is 0 Å². The van der Waals surface area contributed by atoms with Crippen molar-refractivity contribution in [1.82, 2.24) is 4.57 Å². The average Bonchev–Trinajstić information content (AvgIpc) is 3.39. The number of aromatic nitrogens is 1. The van der Waals surface area contributed by atoms with Crippen molar-refractivity contribution in [3.63, 3.8) is 0 Å². The SMILES string of the molecule is c1ccc2c(c1)Oc1cc(-n3c4ccccc4c4ccccc43)cc3c1C2c1ccccc1-3. The van der Waals surface area contributed by atoms with Gasteiger partial charge in [0.2, 0.25) is 0 Å². The maximum Gasteiger partial charge on any atom is 0.134 e. The standard InChI is InChI=1S/C31H19NO/c1-2-12-23-20(9-1)25-17-19(18-29-31(25)30(23)24-13-5-8-16-28(24)33-29)32-26-14-6-3-10-21(26)22-11-4-7-15-27(22)32/h1-18,30H. The maximum atomic E-state index is 6.55. The number of ether oxygens (including phenoxy) is 1. The quantitative estimate of drug-likeness (QED) is 0.261. The first-order valence-electron chi connectivity index (χ1n) is 11.4. The summed E-state index contributed by atoms with van der Waals surface area (Å²) in [4.78, 5) is 0. The molecule has 154 valence electrons. The van der Waals surface area contributed by atoms with Crippen LogP contribution in [0.1, 0.15) is 22.6 Å². The number of hydrogen-bond donors (Lipinski definition) is 0. The highest BCUT2D eigenvalue weighted by atomic mass is 16.5. The van der Waals surface area contributed by atoms with Crippen LogP contribution in [0.3, 0.4) is 0 Å². The molecule has 0 saturated heterocycles. The molecule has 2 nitrogen and oxygen atoms in total. The summed E-state index contributed by atoms with van der Waals surface area (Å²) in [5.74, 6) is 2.14. The van der Waals surface area contributed by atoms with Gasteiger partial charge in [0.25, 0.3) is 0 Å². The molecule has 8 rings (SSSR count). The molecule has 1 aromatic heterocycles. The molecule has 0 amide bonds. The van der Waals surface area contributed by atoms with E-state index in [4.69, 9.17) is 4.74 Å². The summed E-state index contributed by atoms with van der Waals surface area (Å²) in [6.45, 7) is 0. The zero-order valence-corrected chi connectivity index (χ0v) is 17.8. The van der Waals surface area contributed by atoms with Crippen molar-refractivity contribution in [3.05, 3.63) is 126 Å². The van der Waals surface area contributed by atoms with E-state index in [9.17, 15) is 0 Å². The van der Waals surface area contributed by atoms with Crippen LogP contribution in [0.25, 0.3) is 38.6 Å². The van der Waals surface area contributed by atoms with Gasteiger partial charge < -0.3 is 9.30 Å². The van der Waals surface area contributed by atoms with E-state index in [1.54, 1.807) is 0 Å². The lowest BCUT2D eigenvalue weighted by atomic mass is 9.86. The van der Waals surface area contributed by atoms with E-state index in [-0.39, 0.29) is 5.92 Å². The van der Waals surface area contributed by atoms with Crippen LogP contribution in [0.2, 0.25) is 0 Å². The smallest absolute Gasteiger partial charge is 0.134 e. The Morgan fingerprint density at radius 1 is 0.545 bits per heavy atom. The van der Waals surface area contributed by atoms with Crippen LogP contribution < -0.4 is 4.74 Å². The summed E-state index contributed by atoms with van der Waals surface area (Å²) >= 11 is 0. The van der Waals surface area contributed by atoms with E-state index in [0.717, 1.165) is 17.2 Å². The molecule has 6 aromatic rings. The molecule has 0 spiro atoms. The van der Waals surface area contributed by atoms with Crippen LogP contribution in [0.15, 0.2) is 109 Å². The molecule has 33 heavy (non-hydrogen) atoms. The van der Waals surface area contributed by atoms with E-state index in [2.05, 4.69) is 114 Å². The van der Waals surface area contributed by atoms with E-state index in [1.165, 1.54) is 49.6 Å². The van der Waals surface area contributed by atoms with Crippen LogP contribution in [0.4, 0.5) is 0 Å². The predicted molar refractivity (Wildman–Crippen MR) is 134 cm³/mol. The molecule has 0 bridgehead atoms. The van der Waals surface area contributed by atoms with Crippen molar-refractivity contribution in [3.8, 4) is 28.3 Å². The zero-order chi connectivity index (χ0) is 21.5. The highest BCUT2D eigenvalue weighted by molar-refractivity contribution is 6.09. The first kappa shape index (κ1) is 17.3. The summed E-state index contributed by atoms with van der Waals surface area (Å²) in [6.07, 6.45) is 0. The fourth-order valence-corrected chi connectivity index (χ4v) is 5.95. The highest BCUT2D eigenvalue weighted by Gasteiger charge is 2.38. The molecule has 1 atom stereocenters. The van der Waals surface area contributed by atoms with Gasteiger partial charge in [-0.2, -0.15) is 0 Å². The third-order valence-corrected chi connectivity index (χ3v) is 7.27. The first-order chi connectivity index (χ1) is 16.4. The molecule has 0 fully saturated rings. The van der Waals surface area contributed by atoms with Crippen LogP contribution in [-0.2, 0) is 0 Å². The molecule has 1 aliphatic carbocycles. The third kappa shape index (κ3) is 2.18. The predicted octanol–water partition coefficient (Wildman–Crippen LogP) is 8.05. The number of hydrogen-bond acceptors (Lipinski definition) is 1. The van der Waals surface area contributed by atoms with Crippen LogP contribution >= 0.6 is 0 Å². The number of rotatable bonds is 1. The van der Waals surface area contributed by atoms with E-state index in [1.807, 2.05) is 0 Å². The van der Waals surface area contributed by atoms with Gasteiger partial charge in [-0.1, -0.05) is 78.9 Å². The van der Waals surface area contributed by atoms with Crippen molar-refractivity contribution in [2.45, 2.75) is 5.92 Å². The second kappa shape index (κ2) is 6.14. The average molecular weight is 421 g/mol. The Balaban J connectivity index is 1.49. The lowest BCUT2D eigenvalue weighted by Crippen LogP contribution is -2.09. The minimum Gasteiger partial charge on any atom is -0.457 e. The van der Waals surface area contributed by atoms with E-state index < -0.39 is 0 Å². The van der Waals surface area contributed by atoms with Gasteiger partial charge in [-0.15, -0.1) is 0 Å². The lowest BCUT2D eigenvalue weighted by molar-refractivity contribution is 0.455. The minimum absolute atomic E-state index is 0.225. The van der Waals surface area contributed by atoms with Gasteiger partial charge in [0.1, 0.15) is 11.5 Å². The van der Waals surface area contributed by atoms with Gasteiger partial charge in [-0.05, 0) is 41.0 Å². The molecule has 0 N–H and O–H groups in total. The largest absolute Gasteiger partial charge is 0.457 e. The van der Waals surface area contributed by atoms with Crippen LogP contribution in [0.5, 0.6) is 11.5 Å². The van der Waals surface area contributed by atoms with E-state index in [0.29, 0.717) is 0 Å². The number of fused-ring (bicyclic) bond motifs is 8. The molecule has 1 unspecified atom stereocenters. The van der Waals surface area contributed by atoms with Crippen molar-refractivity contribution in [2.75, 3.05) is 0 Å². The Bertz CT molecular complexity index is 1700. The second-order valence-electron chi connectivity index (χ2n) is 8.94. The molecule has 1 aliphatic heterocycles. The van der Waals surface area contributed by atoms with Crippen molar-refractivity contribution in [2.24, 2.45) is 0 Å². The fraction of sp³-hybridized carbons (Fsp3) is 0.0323. The Labute approximate surface area is 191 Å². The van der Waals surface area contributed by atoms with Gasteiger partial charge >= 0.3 is 0 Å². The maximum absolute atomic E-state index is 6.55. The summed E-state index contributed by atoms with van der Waals surface area (Å²) in [5, 5.41) is 2.54. The molecule has 2 heterocycles. The second-order valence-corrected chi connectivity index (χ2v) is 8.94. The normalized spacial score (nSPS) is 15.2. The molecule has 0 radical (unpaired) electrons. The zero-order valence-electron chi connectivity index (χ0n) is 17.8. The minimum atomic E-state index is 0.225. The Hall–Kier alpha value is -4.30. The van der Waals surface area contributed by atoms with Crippen LogP contribution in [0, 0.1) is 0 Å². The number of para-hydroxylation sites is 3. The molecule has 5 aromatic carbocycles. The molecular weight excluding hydrogens is 402 g/mol. The third-order valence-electron chi connectivity index (χ3n) is 7.27. The first-order valence-corrected chi connectivity index (χ1v) is 11.4. The van der Waals surface area contributed by atoms with Crippen molar-refractivity contribution in [1.29, 1.82) is 0 Å². The van der Waals surface area contributed by atoms with Gasteiger partial charge in [-0.25, -0.2) is 0 Å². The molecule has 0 saturated carbocycles. The summed E-state index contributed by atoms with van der Waals surface area (Å²) in [7, 11) is 0. The molecule has 2 aliphatic rings. The highest BCUT2D eigenvalue weighted by Crippen LogP contribution is 2.57. The lowest BCUT2D eigenvalue weighted by Gasteiger charge is -2.26. The topological polar surface area (TPSA) is 14.2 Å². The number of benzene rings is 5. The summed E-state index contributed by atoms with van der Waals surface area (Å²) in [6, 6.07) is 39.2. The molecular formula is C31H19NO. The molecule has 2 heteroatoms. The van der Waals surface area contributed by atoms with Gasteiger partial charge in [0, 0.05) is 33.9 Å². The van der Waals surface area contributed by atoms with Crippen LogP contribution in [-0.4, -0.2) is 4.57 Å².